The molecule has 5 nitrogen and oxygen atoms in total. The van der Waals surface area contributed by atoms with Crippen molar-refractivity contribution in [3.63, 3.8) is 0 Å². The molecular weight excluding hydrogens is 270 g/mol. The Morgan fingerprint density at radius 2 is 1.76 bits per heavy atom. The standard InChI is InChI=1S/C16H17NO4/c1-9-6-10(2)14(11(3)7-9)15(18)17-8-12-4-5-13(21-12)16(19)20/h4-7H,8H2,1-3H3,(H,17,18)(H,19,20). The number of aryl methyl sites for hydroxylation is 3. The van der Waals surface area contributed by atoms with Crippen LogP contribution in [0.1, 0.15) is 43.4 Å². The number of aromatic carboxylic acids is 1. The van der Waals surface area contributed by atoms with Gasteiger partial charge < -0.3 is 14.8 Å². The SMILES string of the molecule is Cc1cc(C)c(C(=O)NCc2ccc(C(=O)O)o2)c(C)c1. The lowest BCUT2D eigenvalue weighted by atomic mass is 9.99. The van der Waals surface area contributed by atoms with E-state index >= 15 is 0 Å². The number of carbonyl (C=O) groups excluding carboxylic acids is 1. The van der Waals surface area contributed by atoms with Gasteiger partial charge in [0.1, 0.15) is 5.76 Å². The van der Waals surface area contributed by atoms with Crippen molar-refractivity contribution in [2.75, 3.05) is 0 Å². The highest BCUT2D eigenvalue weighted by Crippen LogP contribution is 2.16. The highest BCUT2D eigenvalue weighted by atomic mass is 16.4. The van der Waals surface area contributed by atoms with Gasteiger partial charge >= 0.3 is 5.97 Å². The minimum Gasteiger partial charge on any atom is -0.475 e. The van der Waals surface area contributed by atoms with Crippen molar-refractivity contribution in [1.82, 2.24) is 5.32 Å². The Hall–Kier alpha value is -2.56. The summed E-state index contributed by atoms with van der Waals surface area (Å²) in [7, 11) is 0. The van der Waals surface area contributed by atoms with E-state index in [9.17, 15) is 9.59 Å². The lowest BCUT2D eigenvalue weighted by Crippen LogP contribution is -2.24. The average Bonchev–Trinajstić information content (AvgIpc) is 2.84. The maximum absolute atomic E-state index is 12.2. The molecule has 0 fully saturated rings. The average molecular weight is 287 g/mol. The highest BCUT2D eigenvalue weighted by Gasteiger charge is 2.14. The number of nitrogens with one attached hydrogen (secondary N) is 1. The molecule has 0 saturated heterocycles. The van der Waals surface area contributed by atoms with Crippen molar-refractivity contribution < 1.29 is 19.1 Å². The normalized spacial score (nSPS) is 10.4. The second-order valence-electron chi connectivity index (χ2n) is 5.03. The second-order valence-corrected chi connectivity index (χ2v) is 5.03. The molecule has 1 heterocycles. The van der Waals surface area contributed by atoms with E-state index in [1.54, 1.807) is 6.07 Å². The van der Waals surface area contributed by atoms with Gasteiger partial charge in [-0.25, -0.2) is 4.79 Å². The number of rotatable bonds is 4. The molecule has 1 amide bonds. The van der Waals surface area contributed by atoms with Crippen LogP contribution in [0.5, 0.6) is 0 Å². The highest BCUT2D eigenvalue weighted by molar-refractivity contribution is 5.97. The van der Waals surface area contributed by atoms with Gasteiger partial charge in [0.05, 0.1) is 6.54 Å². The largest absolute Gasteiger partial charge is 0.475 e. The Morgan fingerprint density at radius 3 is 2.29 bits per heavy atom. The summed E-state index contributed by atoms with van der Waals surface area (Å²) in [6, 6.07) is 6.82. The van der Waals surface area contributed by atoms with Crippen molar-refractivity contribution in [3.8, 4) is 0 Å². The lowest BCUT2D eigenvalue weighted by molar-refractivity contribution is 0.0660. The second kappa shape index (κ2) is 5.83. The molecule has 0 bridgehead atoms. The number of hydrogen-bond acceptors (Lipinski definition) is 3. The van der Waals surface area contributed by atoms with Gasteiger partial charge in [0.2, 0.25) is 5.76 Å². The van der Waals surface area contributed by atoms with Crippen LogP contribution in [0.15, 0.2) is 28.7 Å². The summed E-state index contributed by atoms with van der Waals surface area (Å²) >= 11 is 0. The fourth-order valence-corrected chi connectivity index (χ4v) is 2.38. The zero-order valence-corrected chi connectivity index (χ0v) is 12.2. The van der Waals surface area contributed by atoms with Crippen molar-refractivity contribution >= 4 is 11.9 Å². The quantitative estimate of drug-likeness (QED) is 0.906. The van der Waals surface area contributed by atoms with Crippen LogP contribution in [-0.4, -0.2) is 17.0 Å². The molecule has 0 spiro atoms. The van der Waals surface area contributed by atoms with Gasteiger partial charge in [0.25, 0.3) is 5.91 Å². The van der Waals surface area contributed by atoms with Crippen LogP contribution in [0.25, 0.3) is 0 Å². The smallest absolute Gasteiger partial charge is 0.371 e. The first kappa shape index (κ1) is 14.8. The van der Waals surface area contributed by atoms with Gasteiger partial charge in [-0.05, 0) is 44.0 Å². The van der Waals surface area contributed by atoms with Gasteiger partial charge in [-0.15, -0.1) is 0 Å². The topological polar surface area (TPSA) is 79.5 Å². The molecule has 0 saturated carbocycles. The van der Waals surface area contributed by atoms with E-state index in [0.717, 1.165) is 16.7 Å². The fourth-order valence-electron chi connectivity index (χ4n) is 2.38. The van der Waals surface area contributed by atoms with E-state index in [4.69, 9.17) is 9.52 Å². The summed E-state index contributed by atoms with van der Waals surface area (Å²) in [4.78, 5) is 23.0. The van der Waals surface area contributed by atoms with Crippen molar-refractivity contribution in [3.05, 3.63) is 58.0 Å². The molecule has 0 aliphatic heterocycles. The minimum absolute atomic E-state index is 0.137. The maximum Gasteiger partial charge on any atom is 0.371 e. The van der Waals surface area contributed by atoms with Crippen LogP contribution < -0.4 is 5.32 Å². The molecule has 2 N–H and O–H groups in total. The van der Waals surface area contributed by atoms with Crippen molar-refractivity contribution in [1.29, 1.82) is 0 Å². The number of carbonyl (C=O) groups is 2. The molecule has 110 valence electrons. The molecule has 2 rings (SSSR count). The summed E-state index contributed by atoms with van der Waals surface area (Å²) in [5.74, 6) is -1.05. The Balaban J connectivity index is 2.10. The first-order chi connectivity index (χ1) is 9.88. The molecule has 0 aliphatic carbocycles. The molecule has 0 atom stereocenters. The van der Waals surface area contributed by atoms with E-state index in [1.165, 1.54) is 6.07 Å². The van der Waals surface area contributed by atoms with E-state index in [0.29, 0.717) is 11.3 Å². The van der Waals surface area contributed by atoms with Crippen LogP contribution in [0, 0.1) is 20.8 Å². The van der Waals surface area contributed by atoms with E-state index < -0.39 is 5.97 Å². The number of carboxylic acid groups (broad SMARTS) is 1. The summed E-state index contributed by atoms with van der Waals surface area (Å²) in [6.45, 7) is 5.92. The number of hydrogen-bond donors (Lipinski definition) is 2. The third-order valence-corrected chi connectivity index (χ3v) is 3.20. The zero-order chi connectivity index (χ0) is 15.6. The molecule has 1 aromatic heterocycles. The van der Waals surface area contributed by atoms with Crippen molar-refractivity contribution in [2.45, 2.75) is 27.3 Å². The molecule has 5 heteroatoms. The van der Waals surface area contributed by atoms with Crippen LogP contribution in [0.3, 0.4) is 0 Å². The molecule has 0 aliphatic rings. The third-order valence-electron chi connectivity index (χ3n) is 3.20. The summed E-state index contributed by atoms with van der Waals surface area (Å²) in [6.07, 6.45) is 0. The molecule has 1 aromatic carbocycles. The summed E-state index contributed by atoms with van der Waals surface area (Å²) in [5.41, 5.74) is 3.58. The van der Waals surface area contributed by atoms with Gasteiger partial charge in [0.15, 0.2) is 0 Å². The first-order valence-electron chi connectivity index (χ1n) is 6.56. The van der Waals surface area contributed by atoms with E-state index in [2.05, 4.69) is 5.32 Å². The molecule has 2 aromatic rings. The lowest BCUT2D eigenvalue weighted by Gasteiger charge is -2.11. The number of furan rings is 1. The van der Waals surface area contributed by atoms with Crippen LogP contribution in [0.4, 0.5) is 0 Å². The van der Waals surface area contributed by atoms with Crippen LogP contribution >= 0.6 is 0 Å². The molecule has 0 unspecified atom stereocenters. The monoisotopic (exact) mass is 287 g/mol. The Bertz CT molecular complexity index is 677. The van der Waals surface area contributed by atoms with Gasteiger partial charge in [0, 0.05) is 5.56 Å². The zero-order valence-electron chi connectivity index (χ0n) is 12.2. The van der Waals surface area contributed by atoms with E-state index in [-0.39, 0.29) is 18.2 Å². The predicted molar refractivity (Wildman–Crippen MR) is 77.5 cm³/mol. The van der Waals surface area contributed by atoms with E-state index in [1.807, 2.05) is 32.9 Å². The Morgan fingerprint density at radius 1 is 1.14 bits per heavy atom. The fraction of sp³-hybridized carbons (Fsp3) is 0.250. The van der Waals surface area contributed by atoms with Gasteiger partial charge in [-0.2, -0.15) is 0 Å². The predicted octanol–water partition coefficient (Wildman–Crippen LogP) is 2.83. The first-order valence-corrected chi connectivity index (χ1v) is 6.56. The third kappa shape index (κ3) is 3.31. The number of carboxylic acids is 1. The molecule has 21 heavy (non-hydrogen) atoms. The minimum atomic E-state index is -1.13. The Labute approximate surface area is 122 Å². The number of benzene rings is 1. The summed E-state index contributed by atoms with van der Waals surface area (Å²) in [5, 5.41) is 11.5. The summed E-state index contributed by atoms with van der Waals surface area (Å²) < 4.78 is 5.10. The number of amides is 1. The van der Waals surface area contributed by atoms with Crippen molar-refractivity contribution in [2.24, 2.45) is 0 Å². The van der Waals surface area contributed by atoms with Crippen LogP contribution in [0.2, 0.25) is 0 Å². The van der Waals surface area contributed by atoms with Crippen LogP contribution in [-0.2, 0) is 6.54 Å². The maximum atomic E-state index is 12.2. The molecule has 0 radical (unpaired) electrons. The Kier molecular flexibility index (Phi) is 4.12. The molecular formula is C16H17NO4. The van der Waals surface area contributed by atoms with Gasteiger partial charge in [-0.3, -0.25) is 4.79 Å². The van der Waals surface area contributed by atoms with Gasteiger partial charge in [-0.1, -0.05) is 17.7 Å².